The van der Waals surface area contributed by atoms with Crippen molar-refractivity contribution in [2.45, 2.75) is 19.0 Å². The quantitative estimate of drug-likeness (QED) is 0.594. The molecule has 0 radical (unpaired) electrons. The molecule has 3 nitrogen and oxygen atoms in total. The molecule has 0 amide bonds. The Hall–Kier alpha value is -1.82. The lowest BCUT2D eigenvalue weighted by Gasteiger charge is -2.39. The molecule has 1 aliphatic rings. The molecule has 1 fully saturated rings. The summed E-state index contributed by atoms with van der Waals surface area (Å²) >= 11 is 0. The van der Waals surface area contributed by atoms with Crippen molar-refractivity contribution in [1.29, 1.82) is 0 Å². The average molecular weight is 312 g/mol. The topological polar surface area (TPSA) is 30.2 Å². The third-order valence-electron chi connectivity index (χ3n) is 4.61. The molecular weight excluding hydrogens is 295 g/mol. The van der Waals surface area contributed by atoms with Gasteiger partial charge in [0.25, 0.3) is 0 Å². The number of likely N-dealkylation sites (tertiary alicyclic amines) is 1. The van der Waals surface area contributed by atoms with E-state index in [-0.39, 0.29) is 30.4 Å². The zero-order chi connectivity index (χ0) is 16.0. The highest BCUT2D eigenvalue weighted by Gasteiger charge is 2.46. The van der Waals surface area contributed by atoms with E-state index >= 15 is 0 Å². The Bertz CT molecular complexity index is 743. The Morgan fingerprint density at radius 1 is 1.18 bits per heavy atom. The largest absolute Gasteiger partial charge is 0.418 e. The van der Waals surface area contributed by atoms with Crippen molar-refractivity contribution < 1.29 is 17.6 Å². The van der Waals surface area contributed by atoms with E-state index in [1.54, 1.807) is 25.2 Å². The van der Waals surface area contributed by atoms with E-state index < -0.39 is 17.7 Å². The Morgan fingerprint density at radius 2 is 1.82 bits per heavy atom. The molecule has 1 saturated heterocycles. The number of benzene rings is 1. The van der Waals surface area contributed by atoms with E-state index in [0.717, 1.165) is 5.39 Å². The van der Waals surface area contributed by atoms with Crippen LogP contribution in [-0.4, -0.2) is 26.3 Å². The Kier molecular flexibility index (Phi) is 3.51. The van der Waals surface area contributed by atoms with Gasteiger partial charge in [0, 0.05) is 24.3 Å². The molecule has 1 aromatic heterocycles. The summed E-state index contributed by atoms with van der Waals surface area (Å²) in [4.78, 5) is 12.2. The van der Waals surface area contributed by atoms with E-state index in [1.165, 1.54) is 0 Å². The fraction of sp³-hybridized carbons (Fsp3) is 0.438. The van der Waals surface area contributed by atoms with Gasteiger partial charge in [-0.2, -0.15) is 13.2 Å². The molecule has 2 aromatic rings. The van der Waals surface area contributed by atoms with Gasteiger partial charge in [-0.05, 0) is 6.07 Å². The first-order chi connectivity index (χ1) is 10.3. The molecule has 1 aromatic carbocycles. The highest BCUT2D eigenvalue weighted by Crippen LogP contribution is 2.37. The zero-order valence-corrected chi connectivity index (χ0v) is 12.2. The lowest BCUT2D eigenvalue weighted by molar-refractivity contribution is -0.183. The van der Waals surface area contributed by atoms with Gasteiger partial charge in [0.2, 0.25) is 5.69 Å². The highest BCUT2D eigenvalue weighted by molar-refractivity contribution is 5.79. The average Bonchev–Trinajstić information content (AvgIpc) is 2.46. The molecule has 1 aliphatic heterocycles. The number of hydrogen-bond donors (Lipinski definition) is 0. The maximum Gasteiger partial charge on any atom is 0.398 e. The predicted octanol–water partition coefficient (Wildman–Crippen LogP) is 3.70. The number of hydrogen-bond acceptors (Lipinski definition) is 2. The summed E-state index contributed by atoms with van der Waals surface area (Å²) in [6.45, 7) is 0.570. The van der Waals surface area contributed by atoms with Crippen molar-refractivity contribution in [1.82, 2.24) is 4.48 Å². The molecule has 0 bridgehead atoms. The number of para-hydroxylation sites is 1. The third kappa shape index (κ3) is 2.63. The number of halogens is 3. The molecule has 6 heteroatoms. The van der Waals surface area contributed by atoms with Crippen LogP contribution < -0.4 is 10.1 Å². The van der Waals surface area contributed by atoms with E-state index in [2.05, 4.69) is 0 Å². The molecule has 0 spiro atoms. The van der Waals surface area contributed by atoms with Gasteiger partial charge in [-0.15, -0.1) is 0 Å². The van der Waals surface area contributed by atoms with E-state index in [0.29, 0.717) is 11.3 Å². The minimum atomic E-state index is -4.15. The molecule has 22 heavy (non-hydrogen) atoms. The van der Waals surface area contributed by atoms with Crippen LogP contribution in [0.15, 0.2) is 39.5 Å². The number of alkyl halides is 3. The molecule has 118 valence electrons. The van der Waals surface area contributed by atoms with Crippen molar-refractivity contribution in [3.63, 3.8) is 0 Å². The summed E-state index contributed by atoms with van der Waals surface area (Å²) in [5.74, 6) is -1.27. The summed E-state index contributed by atoms with van der Waals surface area (Å²) in [6.07, 6.45) is -4.09. The smallest absolute Gasteiger partial charge is 0.398 e. The minimum Gasteiger partial charge on any atom is -0.418 e. The van der Waals surface area contributed by atoms with Crippen LogP contribution in [0.25, 0.3) is 11.0 Å². The van der Waals surface area contributed by atoms with Crippen molar-refractivity contribution in [3.05, 3.63) is 40.8 Å². The predicted molar refractivity (Wildman–Crippen MR) is 78.7 cm³/mol. The number of quaternary nitrogens is 1. The molecule has 0 N–H and O–H groups in total. The first kappa shape index (κ1) is 15.1. The van der Waals surface area contributed by atoms with E-state index in [1.807, 2.05) is 12.1 Å². The SMILES string of the molecule is C[N+]1(c2cc3ccccc3oc2=O)CCC(C(F)(F)F)CC1. The molecule has 0 unspecified atom stereocenters. The second kappa shape index (κ2) is 5.12. The summed E-state index contributed by atoms with van der Waals surface area (Å²) in [7, 11) is 1.80. The first-order valence-corrected chi connectivity index (χ1v) is 7.24. The summed E-state index contributed by atoms with van der Waals surface area (Å²) < 4.78 is 43.9. The molecule has 0 saturated carbocycles. The number of fused-ring (bicyclic) bond motifs is 1. The number of piperidine rings is 1. The Labute approximate surface area is 125 Å². The monoisotopic (exact) mass is 312 g/mol. The van der Waals surface area contributed by atoms with Gasteiger partial charge in [0.1, 0.15) is 5.58 Å². The van der Waals surface area contributed by atoms with Crippen molar-refractivity contribution >= 4 is 16.7 Å². The van der Waals surface area contributed by atoms with Crippen LogP contribution in [0.5, 0.6) is 0 Å². The molecule has 0 aliphatic carbocycles. The van der Waals surface area contributed by atoms with Crippen LogP contribution in [-0.2, 0) is 0 Å². The van der Waals surface area contributed by atoms with Crippen LogP contribution in [0, 0.1) is 5.92 Å². The summed E-state index contributed by atoms with van der Waals surface area (Å²) in [6, 6.07) is 8.89. The number of rotatable bonds is 1. The van der Waals surface area contributed by atoms with Gasteiger partial charge in [0.15, 0.2) is 0 Å². The van der Waals surface area contributed by atoms with Crippen LogP contribution in [0.4, 0.5) is 18.9 Å². The van der Waals surface area contributed by atoms with Gasteiger partial charge >= 0.3 is 11.8 Å². The zero-order valence-electron chi connectivity index (χ0n) is 12.2. The summed E-state index contributed by atoms with van der Waals surface area (Å²) in [5.41, 5.74) is 0.457. The van der Waals surface area contributed by atoms with E-state index in [4.69, 9.17) is 4.42 Å². The molecule has 3 rings (SSSR count). The van der Waals surface area contributed by atoms with Crippen LogP contribution in [0.1, 0.15) is 12.8 Å². The van der Waals surface area contributed by atoms with Crippen LogP contribution >= 0.6 is 0 Å². The molecular formula is C16H17F3NO2+. The van der Waals surface area contributed by atoms with Crippen molar-refractivity contribution in [2.75, 3.05) is 20.1 Å². The van der Waals surface area contributed by atoms with Crippen molar-refractivity contribution in [2.24, 2.45) is 5.92 Å². The van der Waals surface area contributed by atoms with Gasteiger partial charge in [-0.25, -0.2) is 4.79 Å². The maximum atomic E-state index is 12.8. The first-order valence-electron chi connectivity index (χ1n) is 7.24. The Morgan fingerprint density at radius 3 is 2.45 bits per heavy atom. The second-order valence-electron chi connectivity index (χ2n) is 6.12. The van der Waals surface area contributed by atoms with Gasteiger partial charge in [-0.3, -0.25) is 4.48 Å². The van der Waals surface area contributed by atoms with E-state index in [9.17, 15) is 18.0 Å². The third-order valence-corrected chi connectivity index (χ3v) is 4.61. The minimum absolute atomic E-state index is 0.0340. The number of nitrogens with zero attached hydrogens (tertiary/aromatic N) is 1. The van der Waals surface area contributed by atoms with Gasteiger partial charge in [0.05, 0.1) is 26.1 Å². The fourth-order valence-electron chi connectivity index (χ4n) is 3.13. The lowest BCUT2D eigenvalue weighted by Crippen LogP contribution is -2.54. The lowest BCUT2D eigenvalue weighted by atomic mass is 9.94. The standard InChI is InChI=1S/C16H17F3NO2/c1-20(8-6-12(7-9-20)16(17,18)19)13-10-11-4-2-3-5-14(11)22-15(13)21/h2-5,10,12H,6-9H2,1H3/q+1. The maximum absolute atomic E-state index is 12.8. The normalized spacial score (nSPS) is 26.3. The van der Waals surface area contributed by atoms with Crippen LogP contribution in [0.2, 0.25) is 0 Å². The van der Waals surface area contributed by atoms with Gasteiger partial charge in [-0.1, -0.05) is 18.2 Å². The van der Waals surface area contributed by atoms with Crippen LogP contribution in [0.3, 0.4) is 0 Å². The van der Waals surface area contributed by atoms with Crippen molar-refractivity contribution in [3.8, 4) is 0 Å². The molecule has 2 heterocycles. The fourth-order valence-corrected chi connectivity index (χ4v) is 3.13. The second-order valence-corrected chi connectivity index (χ2v) is 6.12. The molecule has 0 atom stereocenters. The highest BCUT2D eigenvalue weighted by atomic mass is 19.4. The van der Waals surface area contributed by atoms with Gasteiger partial charge < -0.3 is 4.42 Å². The Balaban J connectivity index is 1.94. The summed E-state index contributed by atoms with van der Waals surface area (Å²) in [5, 5.41) is 0.786.